The molecule has 3 aromatic carbocycles. The zero-order chi connectivity index (χ0) is 26.0. The molecule has 1 radical (unpaired) electrons. The maximum atomic E-state index is 13.6. The van der Waals surface area contributed by atoms with Crippen LogP contribution >= 0.6 is 11.6 Å². The fourth-order valence-corrected chi connectivity index (χ4v) is 5.08. The molecule has 0 aliphatic carbocycles. The number of likely N-dealkylation sites (N-methyl/N-ethyl adjacent to an activating group) is 1. The summed E-state index contributed by atoms with van der Waals surface area (Å²) in [5, 5.41) is 13.4. The van der Waals surface area contributed by atoms with E-state index in [4.69, 9.17) is 16.3 Å². The Labute approximate surface area is 256 Å². The van der Waals surface area contributed by atoms with Crippen LogP contribution in [0, 0.1) is 21.3 Å². The van der Waals surface area contributed by atoms with Gasteiger partial charge in [0.1, 0.15) is 23.8 Å². The Morgan fingerprint density at radius 2 is 1.95 bits per heavy atom. The largest absolute Gasteiger partial charge is 0.507 e. The van der Waals surface area contributed by atoms with E-state index in [9.17, 15) is 9.90 Å². The number of anilines is 1. The van der Waals surface area contributed by atoms with Gasteiger partial charge < -0.3 is 39.0 Å². The maximum Gasteiger partial charge on any atom is 0.274 e. The molecule has 5 rings (SSSR count). The number of fused-ring (bicyclic) bond motifs is 4. The average molecular weight is 611 g/mol. The van der Waals surface area contributed by atoms with Gasteiger partial charge in [-0.05, 0) is 61.8 Å². The molecule has 0 saturated carbocycles. The molecule has 2 heterocycles. The standard InChI is InChI=1S/C27H28ClN3O3.C2H5.CH3.Y/c1-16-5-4-6-20-24(32)13-23-26(25(16)20)18(14-28)15-31(23)27(33)22-12-17-11-19(7-8-21(17)29-22)34-10-9-30(2)3;1-2;;/h4-8,11-13,18,29,32H,9-10,14-15H2,1-3H3;1H2,2H3;1H3;/q;2*-1;/t18-;;;/m1.../s1. The molecule has 0 spiro atoms. The number of halogens is 1. The molecule has 0 saturated heterocycles. The number of nitrogens with zero attached hydrogens (tertiary/aromatic N) is 2. The SMILES string of the molecule is Cc1cccc2c(O)cc3c(c12)[C@H](CCl)CN3C(=O)c1cc2cc(OCCN(C)C)ccc2[nH]1.[CH2-]C.[CH3-].[Y]. The molecule has 8 heteroatoms. The van der Waals surface area contributed by atoms with Crippen LogP contribution < -0.4 is 9.64 Å². The van der Waals surface area contributed by atoms with Gasteiger partial charge >= 0.3 is 0 Å². The zero-order valence-electron chi connectivity index (χ0n) is 22.8. The quantitative estimate of drug-likeness (QED) is 0.192. The van der Waals surface area contributed by atoms with E-state index in [1.807, 2.05) is 63.5 Å². The van der Waals surface area contributed by atoms with E-state index < -0.39 is 0 Å². The summed E-state index contributed by atoms with van der Waals surface area (Å²) in [6.45, 7) is 8.91. The van der Waals surface area contributed by atoms with Gasteiger partial charge in [0.05, 0.1) is 5.69 Å². The van der Waals surface area contributed by atoms with Gasteiger partial charge in [-0.3, -0.25) is 4.79 Å². The van der Waals surface area contributed by atoms with E-state index in [2.05, 4.69) is 16.8 Å². The predicted molar refractivity (Wildman–Crippen MR) is 155 cm³/mol. The van der Waals surface area contributed by atoms with E-state index in [1.54, 1.807) is 17.9 Å². The van der Waals surface area contributed by atoms with Crippen molar-refractivity contribution in [2.45, 2.75) is 19.8 Å². The van der Waals surface area contributed by atoms with Crippen LogP contribution in [-0.2, 0) is 32.7 Å². The molecule has 4 aromatic rings. The molecule has 1 aromatic heterocycles. The van der Waals surface area contributed by atoms with Crippen molar-refractivity contribution in [2.75, 3.05) is 44.6 Å². The number of rotatable bonds is 6. The van der Waals surface area contributed by atoms with Gasteiger partial charge in [0.25, 0.3) is 5.91 Å². The average Bonchev–Trinajstić information content (AvgIpc) is 3.46. The monoisotopic (exact) mass is 610 g/mol. The van der Waals surface area contributed by atoms with Gasteiger partial charge in [-0.15, -0.1) is 11.6 Å². The van der Waals surface area contributed by atoms with Crippen molar-refractivity contribution >= 4 is 44.9 Å². The zero-order valence-corrected chi connectivity index (χ0v) is 26.4. The number of aryl methyl sites for hydroxylation is 1. The van der Waals surface area contributed by atoms with Crippen LogP contribution in [0.1, 0.15) is 34.5 Å². The molecule has 6 nitrogen and oxygen atoms in total. The number of benzene rings is 3. The number of H-pyrrole nitrogens is 1. The first-order chi connectivity index (χ1) is 17.4. The third-order valence-electron chi connectivity index (χ3n) is 6.53. The van der Waals surface area contributed by atoms with Crippen molar-refractivity contribution in [2.24, 2.45) is 0 Å². The van der Waals surface area contributed by atoms with Crippen LogP contribution in [0.25, 0.3) is 21.7 Å². The van der Waals surface area contributed by atoms with Crippen LogP contribution in [0.2, 0.25) is 0 Å². The third kappa shape index (κ3) is 6.20. The van der Waals surface area contributed by atoms with Gasteiger partial charge in [0.2, 0.25) is 0 Å². The van der Waals surface area contributed by atoms with Gasteiger partial charge in [-0.1, -0.05) is 18.2 Å². The van der Waals surface area contributed by atoms with Crippen molar-refractivity contribution in [3.8, 4) is 11.5 Å². The molecule has 2 N–H and O–H groups in total. The summed E-state index contributed by atoms with van der Waals surface area (Å²) in [4.78, 5) is 20.7. The number of carbonyl (C=O) groups excluding carboxylic acids is 1. The Bertz CT molecular complexity index is 1400. The second-order valence-corrected chi connectivity index (χ2v) is 9.49. The van der Waals surface area contributed by atoms with Gasteiger partial charge in [0, 0.05) is 80.0 Å². The molecule has 201 valence electrons. The summed E-state index contributed by atoms with van der Waals surface area (Å²) < 4.78 is 5.84. The molecule has 0 unspecified atom stereocenters. The Kier molecular flexibility index (Phi) is 11.7. The summed E-state index contributed by atoms with van der Waals surface area (Å²) in [6.07, 6.45) is 0. The number of alkyl halides is 1. The van der Waals surface area contributed by atoms with Gasteiger partial charge in [0.15, 0.2) is 0 Å². The number of phenolic OH excluding ortho intramolecular Hbond substituents is 1. The summed E-state index contributed by atoms with van der Waals surface area (Å²) >= 11 is 6.36. The molecular weight excluding hydrogens is 575 g/mol. The minimum atomic E-state index is -0.146. The van der Waals surface area contributed by atoms with Crippen LogP contribution in [-0.4, -0.2) is 60.6 Å². The van der Waals surface area contributed by atoms with Crippen molar-refractivity contribution in [1.29, 1.82) is 0 Å². The second kappa shape index (κ2) is 13.8. The number of hydrogen-bond acceptors (Lipinski definition) is 4. The molecule has 0 bridgehead atoms. The number of ether oxygens (including phenoxy) is 1. The smallest absolute Gasteiger partial charge is 0.274 e. The van der Waals surface area contributed by atoms with E-state index in [1.165, 1.54) is 0 Å². The van der Waals surface area contributed by atoms with E-state index in [0.29, 0.717) is 24.7 Å². The predicted octanol–water partition coefficient (Wildman–Crippen LogP) is 6.55. The normalized spacial score (nSPS) is 14.0. The number of nitrogens with one attached hydrogen (secondary N) is 1. The summed E-state index contributed by atoms with van der Waals surface area (Å²) in [6, 6.07) is 15.2. The fourth-order valence-electron chi connectivity index (χ4n) is 4.82. The summed E-state index contributed by atoms with van der Waals surface area (Å²) in [7, 11) is 4.01. The van der Waals surface area contributed by atoms with E-state index >= 15 is 0 Å². The van der Waals surface area contributed by atoms with Gasteiger partial charge in [-0.2, -0.15) is 6.92 Å². The van der Waals surface area contributed by atoms with Gasteiger partial charge in [-0.25, -0.2) is 0 Å². The van der Waals surface area contributed by atoms with Crippen molar-refractivity contribution in [3.05, 3.63) is 79.7 Å². The maximum absolute atomic E-state index is 13.6. The van der Waals surface area contributed by atoms with Crippen LogP contribution in [0.5, 0.6) is 11.5 Å². The van der Waals surface area contributed by atoms with Crippen LogP contribution in [0.3, 0.4) is 0 Å². The number of phenols is 1. The molecule has 0 fully saturated rings. The number of hydrogen-bond donors (Lipinski definition) is 2. The molecule has 1 aliphatic heterocycles. The number of amides is 1. The van der Waals surface area contributed by atoms with E-state index in [-0.39, 0.29) is 57.7 Å². The Morgan fingerprint density at radius 3 is 2.63 bits per heavy atom. The minimum Gasteiger partial charge on any atom is -0.507 e. The first-order valence-electron chi connectivity index (χ1n) is 12.1. The summed E-state index contributed by atoms with van der Waals surface area (Å²) in [5.41, 5.74) is 4.17. The molecule has 1 atom stereocenters. The molecule has 1 amide bonds. The Balaban J connectivity index is 0.00000124. The third-order valence-corrected chi connectivity index (χ3v) is 6.90. The number of aromatic amines is 1. The van der Waals surface area contributed by atoms with Crippen LogP contribution in [0.4, 0.5) is 5.69 Å². The first kappa shape index (κ1) is 32.1. The fraction of sp³-hybridized carbons (Fsp3) is 0.300. The Morgan fingerprint density at radius 1 is 1.21 bits per heavy atom. The number of aromatic nitrogens is 1. The van der Waals surface area contributed by atoms with Crippen LogP contribution in [0.15, 0.2) is 48.5 Å². The van der Waals surface area contributed by atoms with Crippen molar-refractivity contribution in [1.82, 2.24) is 9.88 Å². The summed E-state index contributed by atoms with van der Waals surface area (Å²) in [5.74, 6) is 1.18. The van der Waals surface area contributed by atoms with E-state index in [0.717, 1.165) is 50.8 Å². The Hall–Kier alpha value is -2.12. The minimum absolute atomic E-state index is 0. The second-order valence-electron chi connectivity index (χ2n) is 9.18. The van der Waals surface area contributed by atoms with Crippen molar-refractivity contribution in [3.63, 3.8) is 0 Å². The number of carbonyl (C=O) groups is 1. The first-order valence-corrected chi connectivity index (χ1v) is 12.6. The topological polar surface area (TPSA) is 68.8 Å². The molecular formula is C30H36ClN3O3Y-2. The molecule has 38 heavy (non-hydrogen) atoms. The molecule has 1 aliphatic rings. The number of aromatic hydroxyl groups is 1. The van der Waals surface area contributed by atoms with Crippen molar-refractivity contribution < 1.29 is 47.3 Å².